The van der Waals surface area contributed by atoms with Gasteiger partial charge in [0, 0.05) is 17.2 Å². The summed E-state index contributed by atoms with van der Waals surface area (Å²) in [5.74, 6) is 0.691. The van der Waals surface area contributed by atoms with Crippen LogP contribution < -0.4 is 4.74 Å². The van der Waals surface area contributed by atoms with Crippen LogP contribution in [0.25, 0.3) is 0 Å². The monoisotopic (exact) mass is 256 g/mol. The van der Waals surface area contributed by atoms with Gasteiger partial charge >= 0.3 is 0 Å². The van der Waals surface area contributed by atoms with E-state index < -0.39 is 6.04 Å². The van der Waals surface area contributed by atoms with E-state index in [1.807, 2.05) is 6.07 Å². The minimum atomic E-state index is -0.458. The normalized spacial score (nSPS) is 22.4. The molecule has 1 atom stereocenters. The van der Waals surface area contributed by atoms with Gasteiger partial charge in [-0.25, -0.2) is 0 Å². The molecule has 3 rings (SSSR count). The molecule has 0 bridgehead atoms. The van der Waals surface area contributed by atoms with Gasteiger partial charge in [0.15, 0.2) is 0 Å². The second kappa shape index (κ2) is 4.58. The zero-order chi connectivity index (χ0) is 13.4. The van der Waals surface area contributed by atoms with E-state index in [4.69, 9.17) is 4.74 Å². The average molecular weight is 256 g/mol. The fourth-order valence-electron chi connectivity index (χ4n) is 3.19. The Balaban J connectivity index is 2.02. The molecule has 2 aliphatic rings. The highest BCUT2D eigenvalue weighted by Gasteiger charge is 2.41. The van der Waals surface area contributed by atoms with Crippen molar-refractivity contribution in [1.29, 1.82) is 5.26 Å². The van der Waals surface area contributed by atoms with E-state index in [0.717, 1.165) is 31.2 Å². The third kappa shape index (κ3) is 1.77. The van der Waals surface area contributed by atoms with Crippen LogP contribution in [0.2, 0.25) is 0 Å². The molecule has 19 heavy (non-hydrogen) atoms. The summed E-state index contributed by atoms with van der Waals surface area (Å²) in [5, 5.41) is 9.44. The Morgan fingerprint density at radius 3 is 2.74 bits per heavy atom. The summed E-state index contributed by atoms with van der Waals surface area (Å²) in [6.07, 6.45) is 4.31. The zero-order valence-electron chi connectivity index (χ0n) is 10.9. The number of fused-ring (bicyclic) bond motifs is 1. The predicted molar refractivity (Wildman–Crippen MR) is 69.8 cm³/mol. The minimum absolute atomic E-state index is 0.00361. The summed E-state index contributed by atoms with van der Waals surface area (Å²) >= 11 is 0. The number of ether oxygens (including phenoxy) is 1. The van der Waals surface area contributed by atoms with Crippen LogP contribution in [0.5, 0.6) is 5.75 Å². The summed E-state index contributed by atoms with van der Waals surface area (Å²) in [6, 6.07) is 7.41. The molecule has 0 N–H and O–H groups in total. The molecular weight excluding hydrogens is 240 g/mol. The number of amides is 1. The van der Waals surface area contributed by atoms with Crippen LogP contribution in [-0.4, -0.2) is 24.0 Å². The highest BCUT2D eigenvalue weighted by molar-refractivity contribution is 6.00. The van der Waals surface area contributed by atoms with Crippen LogP contribution in [0.1, 0.15) is 47.6 Å². The third-order valence-corrected chi connectivity index (χ3v) is 4.14. The van der Waals surface area contributed by atoms with Crippen molar-refractivity contribution < 1.29 is 9.53 Å². The average Bonchev–Trinajstić information content (AvgIpc) is 3.04. The van der Waals surface area contributed by atoms with Gasteiger partial charge in [-0.1, -0.05) is 12.8 Å². The topological polar surface area (TPSA) is 53.3 Å². The van der Waals surface area contributed by atoms with E-state index in [1.165, 1.54) is 0 Å². The van der Waals surface area contributed by atoms with Gasteiger partial charge in [-0.15, -0.1) is 0 Å². The van der Waals surface area contributed by atoms with Crippen LogP contribution in [0, 0.1) is 11.3 Å². The van der Waals surface area contributed by atoms with Crippen molar-refractivity contribution in [3.05, 3.63) is 29.3 Å². The first-order chi connectivity index (χ1) is 9.26. The molecule has 0 radical (unpaired) electrons. The van der Waals surface area contributed by atoms with Gasteiger partial charge in [0.25, 0.3) is 5.91 Å². The van der Waals surface area contributed by atoms with Gasteiger partial charge in [0.05, 0.1) is 13.2 Å². The van der Waals surface area contributed by atoms with Crippen molar-refractivity contribution in [1.82, 2.24) is 4.90 Å². The van der Waals surface area contributed by atoms with E-state index in [-0.39, 0.29) is 11.9 Å². The molecule has 1 fully saturated rings. The number of hydrogen-bond acceptors (Lipinski definition) is 3. The van der Waals surface area contributed by atoms with Gasteiger partial charge in [-0.05, 0) is 31.0 Å². The maximum atomic E-state index is 12.5. The maximum Gasteiger partial charge on any atom is 0.255 e. The molecule has 1 aliphatic carbocycles. The first-order valence-electron chi connectivity index (χ1n) is 6.66. The quantitative estimate of drug-likeness (QED) is 0.817. The highest BCUT2D eigenvalue weighted by atomic mass is 16.5. The van der Waals surface area contributed by atoms with Gasteiger partial charge in [0.1, 0.15) is 11.8 Å². The Morgan fingerprint density at radius 2 is 2.11 bits per heavy atom. The molecule has 0 spiro atoms. The first-order valence-corrected chi connectivity index (χ1v) is 6.66. The Hall–Kier alpha value is -2.02. The van der Waals surface area contributed by atoms with Gasteiger partial charge < -0.3 is 9.64 Å². The van der Waals surface area contributed by atoms with Crippen LogP contribution >= 0.6 is 0 Å². The molecular formula is C15H16N2O2. The van der Waals surface area contributed by atoms with E-state index in [1.54, 1.807) is 24.1 Å². The number of nitriles is 1. The van der Waals surface area contributed by atoms with Crippen LogP contribution in [0.15, 0.2) is 18.2 Å². The second-order valence-corrected chi connectivity index (χ2v) is 5.14. The molecule has 1 heterocycles. The number of rotatable bonds is 2. The van der Waals surface area contributed by atoms with Crippen molar-refractivity contribution in [2.45, 2.75) is 37.8 Å². The SMILES string of the molecule is COc1ccc2c(c1)C(C#N)N(C1CCCC1)C2=O. The summed E-state index contributed by atoms with van der Waals surface area (Å²) in [4.78, 5) is 14.3. The van der Waals surface area contributed by atoms with Crippen LogP contribution in [0.4, 0.5) is 0 Å². The molecule has 1 aromatic rings. The molecule has 1 aliphatic heterocycles. The highest BCUT2D eigenvalue weighted by Crippen LogP contribution is 2.40. The smallest absolute Gasteiger partial charge is 0.255 e. The fourth-order valence-corrected chi connectivity index (χ4v) is 3.19. The molecule has 1 aromatic carbocycles. The Labute approximate surface area is 112 Å². The second-order valence-electron chi connectivity index (χ2n) is 5.14. The van der Waals surface area contributed by atoms with E-state index in [0.29, 0.717) is 11.3 Å². The van der Waals surface area contributed by atoms with Crippen LogP contribution in [-0.2, 0) is 0 Å². The predicted octanol–water partition coefficient (Wildman–Crippen LogP) is 2.66. The largest absolute Gasteiger partial charge is 0.497 e. The number of methoxy groups -OCH3 is 1. The van der Waals surface area contributed by atoms with Crippen molar-refractivity contribution in [2.75, 3.05) is 7.11 Å². The Bertz CT molecular complexity index is 556. The van der Waals surface area contributed by atoms with Crippen molar-refractivity contribution in [2.24, 2.45) is 0 Å². The molecule has 4 nitrogen and oxygen atoms in total. The molecule has 1 unspecified atom stereocenters. The zero-order valence-corrected chi connectivity index (χ0v) is 10.9. The third-order valence-electron chi connectivity index (χ3n) is 4.14. The molecule has 98 valence electrons. The number of carbonyl (C=O) groups is 1. The number of carbonyl (C=O) groups excluding carboxylic acids is 1. The lowest BCUT2D eigenvalue weighted by Crippen LogP contribution is -2.36. The molecule has 1 amide bonds. The van der Waals surface area contributed by atoms with Crippen molar-refractivity contribution in [3.63, 3.8) is 0 Å². The van der Waals surface area contributed by atoms with Crippen molar-refractivity contribution >= 4 is 5.91 Å². The van der Waals surface area contributed by atoms with Gasteiger partial charge in [-0.2, -0.15) is 5.26 Å². The first kappa shape index (κ1) is 12.0. The molecule has 0 aromatic heterocycles. The van der Waals surface area contributed by atoms with E-state index >= 15 is 0 Å². The van der Waals surface area contributed by atoms with Gasteiger partial charge in [0.2, 0.25) is 0 Å². The lowest BCUT2D eigenvalue weighted by Gasteiger charge is -2.26. The summed E-state index contributed by atoms with van der Waals surface area (Å²) in [5.41, 5.74) is 1.44. The fraction of sp³-hybridized carbons (Fsp3) is 0.467. The molecule has 1 saturated carbocycles. The Kier molecular flexibility index (Phi) is 2.90. The van der Waals surface area contributed by atoms with Crippen molar-refractivity contribution in [3.8, 4) is 11.8 Å². The number of nitrogens with zero attached hydrogens (tertiary/aromatic N) is 2. The van der Waals surface area contributed by atoms with Crippen LogP contribution in [0.3, 0.4) is 0 Å². The number of hydrogen-bond donors (Lipinski definition) is 0. The Morgan fingerprint density at radius 1 is 1.37 bits per heavy atom. The lowest BCUT2D eigenvalue weighted by atomic mass is 10.0. The van der Waals surface area contributed by atoms with E-state index in [2.05, 4.69) is 6.07 Å². The number of benzene rings is 1. The summed E-state index contributed by atoms with van der Waals surface area (Å²) < 4.78 is 5.19. The standard InChI is InChI=1S/C15H16N2O2/c1-19-11-6-7-12-13(8-11)14(9-16)17(15(12)18)10-4-2-3-5-10/h6-8,10,14H,2-5H2,1H3. The maximum absolute atomic E-state index is 12.5. The summed E-state index contributed by atoms with van der Waals surface area (Å²) in [6.45, 7) is 0. The van der Waals surface area contributed by atoms with Gasteiger partial charge in [-0.3, -0.25) is 4.79 Å². The summed E-state index contributed by atoms with van der Waals surface area (Å²) in [7, 11) is 1.59. The minimum Gasteiger partial charge on any atom is -0.497 e. The molecule has 4 heteroatoms. The van der Waals surface area contributed by atoms with E-state index in [9.17, 15) is 10.1 Å². The lowest BCUT2D eigenvalue weighted by molar-refractivity contribution is 0.0677. The molecule has 0 saturated heterocycles.